The summed E-state index contributed by atoms with van der Waals surface area (Å²) >= 11 is 0. The molecule has 0 spiro atoms. The first-order valence-corrected chi connectivity index (χ1v) is 14.6. The van der Waals surface area contributed by atoms with Gasteiger partial charge in [-0.1, -0.05) is 61.2 Å². The molecule has 0 atom stereocenters. The number of aryl methyl sites for hydroxylation is 1. The molecule has 1 saturated carbocycles. The zero-order chi connectivity index (χ0) is 26.7. The molecule has 1 aliphatic carbocycles. The molecule has 196 valence electrons. The summed E-state index contributed by atoms with van der Waals surface area (Å²) in [5.41, 5.74) is 4.61. The predicted octanol–water partition coefficient (Wildman–Crippen LogP) is 6.17. The molecule has 2 aromatic carbocycles. The Kier molecular flexibility index (Phi) is 5.92. The normalized spacial score (nSPS) is 15.5. The maximum Gasteiger partial charge on any atom is 0.269 e. The van der Waals surface area contributed by atoms with Gasteiger partial charge in [0.2, 0.25) is 0 Å². The van der Waals surface area contributed by atoms with E-state index in [4.69, 9.17) is 4.98 Å². The van der Waals surface area contributed by atoms with Crippen LogP contribution in [0, 0.1) is 6.92 Å². The number of hydrogen-bond acceptors (Lipinski definition) is 5. The maximum atomic E-state index is 13.6. The average molecular weight is 529 g/mol. The van der Waals surface area contributed by atoms with Crippen LogP contribution in [0.15, 0.2) is 71.9 Å². The van der Waals surface area contributed by atoms with Gasteiger partial charge in [0.1, 0.15) is 5.82 Å². The minimum Gasteiger partial charge on any atom is -0.386 e. The topological polar surface area (TPSA) is 89.5 Å². The maximum absolute atomic E-state index is 13.6. The summed E-state index contributed by atoms with van der Waals surface area (Å²) in [6, 6.07) is 16.5. The summed E-state index contributed by atoms with van der Waals surface area (Å²) in [5, 5.41) is 10.4. The summed E-state index contributed by atoms with van der Waals surface area (Å²) in [6.45, 7) is 5.47. The van der Waals surface area contributed by atoms with Crippen LogP contribution in [0.2, 0.25) is 0 Å². The van der Waals surface area contributed by atoms with Gasteiger partial charge in [0.05, 0.1) is 33.4 Å². The Labute approximate surface area is 222 Å². The molecule has 0 bridgehead atoms. The summed E-state index contributed by atoms with van der Waals surface area (Å²) < 4.78 is 30.5. The highest BCUT2D eigenvalue weighted by Gasteiger charge is 2.27. The van der Waals surface area contributed by atoms with E-state index in [2.05, 4.69) is 9.38 Å². The third-order valence-corrected chi connectivity index (χ3v) is 9.39. The molecule has 38 heavy (non-hydrogen) atoms. The summed E-state index contributed by atoms with van der Waals surface area (Å²) in [4.78, 5) is 10.1. The molecule has 7 nitrogen and oxygen atoms in total. The van der Waals surface area contributed by atoms with Gasteiger partial charge >= 0.3 is 0 Å². The van der Waals surface area contributed by atoms with E-state index in [0.717, 1.165) is 64.9 Å². The Balaban J connectivity index is 1.56. The molecule has 6 rings (SSSR count). The highest BCUT2D eigenvalue weighted by atomic mass is 32.2. The van der Waals surface area contributed by atoms with Crippen molar-refractivity contribution in [2.24, 2.45) is 0 Å². The monoisotopic (exact) mass is 528 g/mol. The van der Waals surface area contributed by atoms with Crippen molar-refractivity contribution in [3.63, 3.8) is 0 Å². The van der Waals surface area contributed by atoms with Crippen LogP contribution in [0.3, 0.4) is 0 Å². The lowest BCUT2D eigenvalue weighted by molar-refractivity contribution is 0.0786. The summed E-state index contributed by atoms with van der Waals surface area (Å²) in [5.74, 6) is 1.25. The van der Waals surface area contributed by atoms with E-state index >= 15 is 0 Å². The van der Waals surface area contributed by atoms with Crippen LogP contribution in [0.1, 0.15) is 68.8 Å². The zero-order valence-corrected chi connectivity index (χ0v) is 22.7. The number of aliphatic hydroxyl groups is 1. The molecule has 0 unspecified atom stereocenters. The molecule has 3 heterocycles. The van der Waals surface area contributed by atoms with Gasteiger partial charge in [-0.05, 0) is 57.4 Å². The molecule has 8 heteroatoms. The van der Waals surface area contributed by atoms with E-state index in [-0.39, 0.29) is 4.90 Å². The van der Waals surface area contributed by atoms with Crippen LogP contribution in [-0.2, 0) is 15.6 Å². The van der Waals surface area contributed by atoms with Crippen LogP contribution < -0.4 is 0 Å². The Bertz CT molecular complexity index is 1740. The highest BCUT2D eigenvalue weighted by Crippen LogP contribution is 2.37. The molecule has 0 saturated heterocycles. The van der Waals surface area contributed by atoms with Gasteiger partial charge in [-0.15, -0.1) is 0 Å². The smallest absolute Gasteiger partial charge is 0.269 e. The molecule has 3 aromatic heterocycles. The van der Waals surface area contributed by atoms with Gasteiger partial charge in [-0.2, -0.15) is 0 Å². The molecule has 1 aliphatic rings. The SMILES string of the molecule is Cc1ccc(S(=O)(=O)n2ccc3c2ncc2c(-c4ccc(C(C)(C)O)cc4)nc(C4CCCCC4)n23)cc1. The molecule has 1 N–H and O–H groups in total. The molecule has 0 amide bonds. The van der Waals surface area contributed by atoms with Crippen LogP contribution >= 0.6 is 0 Å². The van der Waals surface area contributed by atoms with Crippen molar-refractivity contribution < 1.29 is 13.5 Å². The fraction of sp³-hybridized carbons (Fsp3) is 0.333. The Morgan fingerprint density at radius 2 is 1.61 bits per heavy atom. The number of benzene rings is 2. The van der Waals surface area contributed by atoms with E-state index in [9.17, 15) is 13.5 Å². The lowest BCUT2D eigenvalue weighted by Crippen LogP contribution is -2.14. The van der Waals surface area contributed by atoms with E-state index in [1.54, 1.807) is 50.5 Å². The van der Waals surface area contributed by atoms with Crippen molar-refractivity contribution in [1.82, 2.24) is 18.3 Å². The zero-order valence-electron chi connectivity index (χ0n) is 21.9. The molecule has 0 aliphatic heterocycles. The fourth-order valence-corrected chi connectivity index (χ4v) is 6.84. The van der Waals surface area contributed by atoms with E-state index in [1.165, 1.54) is 10.4 Å². The van der Waals surface area contributed by atoms with Crippen LogP contribution in [-0.4, -0.2) is 31.9 Å². The number of fused-ring (bicyclic) bond motifs is 3. The van der Waals surface area contributed by atoms with Crippen molar-refractivity contribution >= 4 is 26.7 Å². The van der Waals surface area contributed by atoms with Crippen LogP contribution in [0.5, 0.6) is 0 Å². The minimum atomic E-state index is -3.81. The van der Waals surface area contributed by atoms with Gasteiger partial charge < -0.3 is 5.11 Å². The lowest BCUT2D eigenvalue weighted by Gasteiger charge is -2.20. The number of hydrogen-bond donors (Lipinski definition) is 1. The molecule has 0 radical (unpaired) electrons. The quantitative estimate of drug-likeness (QED) is 0.295. The van der Waals surface area contributed by atoms with Gasteiger partial charge in [-0.3, -0.25) is 4.40 Å². The van der Waals surface area contributed by atoms with Crippen molar-refractivity contribution in [1.29, 1.82) is 0 Å². The third kappa shape index (κ3) is 4.12. The van der Waals surface area contributed by atoms with Gasteiger partial charge in [0.15, 0.2) is 5.65 Å². The fourth-order valence-electron chi connectivity index (χ4n) is 5.54. The number of imidazole rings is 1. The number of aromatic nitrogens is 4. The summed E-state index contributed by atoms with van der Waals surface area (Å²) in [6.07, 6.45) is 8.99. The van der Waals surface area contributed by atoms with Gasteiger partial charge in [-0.25, -0.2) is 22.4 Å². The molecule has 1 fully saturated rings. The first-order chi connectivity index (χ1) is 18.1. The van der Waals surface area contributed by atoms with Crippen molar-refractivity contribution in [2.75, 3.05) is 0 Å². The second-order valence-electron chi connectivity index (χ2n) is 10.9. The lowest BCUT2D eigenvalue weighted by atomic mass is 9.89. The third-order valence-electron chi connectivity index (χ3n) is 7.71. The Morgan fingerprint density at radius 3 is 2.26 bits per heavy atom. The number of rotatable bonds is 5. The minimum absolute atomic E-state index is 0.230. The first-order valence-electron chi connectivity index (χ1n) is 13.2. The van der Waals surface area contributed by atoms with E-state index in [1.807, 2.05) is 37.3 Å². The standard InChI is InChI=1S/C30H32N4O3S/c1-20-9-15-24(16-10-20)38(36,37)33-18-17-25-29(33)31-19-26-27(21-11-13-23(14-12-21)30(2,3)35)32-28(34(25)26)22-7-5-4-6-8-22/h9-19,22,35H,4-8H2,1-3H3. The second kappa shape index (κ2) is 9.06. The average Bonchev–Trinajstić information content (AvgIpc) is 3.51. The van der Waals surface area contributed by atoms with Crippen LogP contribution in [0.25, 0.3) is 27.9 Å². The van der Waals surface area contributed by atoms with E-state index in [0.29, 0.717) is 11.6 Å². The van der Waals surface area contributed by atoms with Gasteiger partial charge in [0.25, 0.3) is 10.0 Å². The predicted molar refractivity (Wildman–Crippen MR) is 149 cm³/mol. The second-order valence-corrected chi connectivity index (χ2v) is 12.7. The summed E-state index contributed by atoms with van der Waals surface area (Å²) in [7, 11) is -3.81. The van der Waals surface area contributed by atoms with Crippen molar-refractivity contribution in [3.05, 3.63) is 83.9 Å². The largest absolute Gasteiger partial charge is 0.386 e. The molecular weight excluding hydrogens is 496 g/mol. The van der Waals surface area contributed by atoms with E-state index < -0.39 is 15.6 Å². The molecule has 5 aromatic rings. The Morgan fingerprint density at radius 1 is 0.921 bits per heavy atom. The first kappa shape index (κ1) is 24.8. The van der Waals surface area contributed by atoms with Gasteiger partial charge in [0, 0.05) is 17.7 Å². The highest BCUT2D eigenvalue weighted by molar-refractivity contribution is 7.90. The Hall–Kier alpha value is -3.49. The van der Waals surface area contributed by atoms with Crippen molar-refractivity contribution in [3.8, 4) is 11.3 Å². The molecular formula is C30H32N4O3S. The number of nitrogens with zero attached hydrogens (tertiary/aromatic N) is 4. The van der Waals surface area contributed by atoms with Crippen LogP contribution in [0.4, 0.5) is 0 Å². The van der Waals surface area contributed by atoms with Crippen molar-refractivity contribution in [2.45, 2.75) is 69.3 Å².